The fraction of sp³-hybridized carbons (Fsp3) is 0.0435. The molecule has 158 valence electrons. The second-order valence-electron chi connectivity index (χ2n) is 7.10. The molecule has 0 aliphatic rings. The Labute approximate surface area is 185 Å². The van der Waals surface area contributed by atoms with Crippen molar-refractivity contribution in [2.45, 2.75) is 6.54 Å². The first kappa shape index (κ1) is 19.8. The van der Waals surface area contributed by atoms with Gasteiger partial charge in [0.05, 0.1) is 15.8 Å². The standard InChI is InChI=1S/C23H16FN5O2S/c24-16-6-2-1-4-14(16)20-18(12-30)29-9-3-5-15(21(29)28-20)22(31)26-11-13-7-8-17-19(10-13)32-23(25)27-17/h1-10,12H,11H2,(H2,25,27)(H,26,31). The number of thiazole rings is 1. The summed E-state index contributed by atoms with van der Waals surface area (Å²) in [6.07, 6.45) is 2.23. The monoisotopic (exact) mass is 445 g/mol. The van der Waals surface area contributed by atoms with Crippen LogP contribution in [0.4, 0.5) is 9.52 Å². The van der Waals surface area contributed by atoms with Crippen molar-refractivity contribution in [3.8, 4) is 11.3 Å². The van der Waals surface area contributed by atoms with Crippen molar-refractivity contribution in [3.05, 3.63) is 83.4 Å². The Morgan fingerprint density at radius 2 is 2.00 bits per heavy atom. The Morgan fingerprint density at radius 3 is 2.81 bits per heavy atom. The Bertz CT molecular complexity index is 1510. The number of carbonyl (C=O) groups excluding carboxylic acids is 2. The summed E-state index contributed by atoms with van der Waals surface area (Å²) in [5, 5.41) is 3.36. The van der Waals surface area contributed by atoms with E-state index >= 15 is 0 Å². The molecule has 0 bridgehead atoms. The number of amides is 1. The van der Waals surface area contributed by atoms with Gasteiger partial charge in [-0.15, -0.1) is 0 Å². The summed E-state index contributed by atoms with van der Waals surface area (Å²) < 4.78 is 16.8. The third-order valence-corrected chi connectivity index (χ3v) is 5.94. The Balaban J connectivity index is 1.48. The molecule has 3 aromatic heterocycles. The molecule has 0 unspecified atom stereocenters. The predicted octanol–water partition coefficient (Wildman–Crippen LogP) is 4.07. The molecule has 3 heterocycles. The van der Waals surface area contributed by atoms with Crippen LogP contribution >= 0.6 is 11.3 Å². The quantitative estimate of drug-likeness (QED) is 0.397. The number of hydrogen-bond acceptors (Lipinski definition) is 6. The first-order valence-corrected chi connectivity index (χ1v) is 10.5. The molecule has 32 heavy (non-hydrogen) atoms. The van der Waals surface area contributed by atoms with Crippen molar-refractivity contribution in [2.24, 2.45) is 0 Å². The number of carbonyl (C=O) groups is 2. The molecular formula is C23H16FN5O2S. The van der Waals surface area contributed by atoms with Gasteiger partial charge in [0.2, 0.25) is 0 Å². The van der Waals surface area contributed by atoms with E-state index in [2.05, 4.69) is 15.3 Å². The summed E-state index contributed by atoms with van der Waals surface area (Å²) in [6.45, 7) is 0.287. The zero-order valence-corrected chi connectivity index (χ0v) is 17.4. The first-order chi connectivity index (χ1) is 15.5. The number of aromatic nitrogens is 3. The topological polar surface area (TPSA) is 102 Å². The van der Waals surface area contributed by atoms with Gasteiger partial charge in [-0.3, -0.25) is 14.0 Å². The van der Waals surface area contributed by atoms with Gasteiger partial charge in [0.25, 0.3) is 5.91 Å². The Hall–Kier alpha value is -4.11. The molecule has 0 spiro atoms. The summed E-state index contributed by atoms with van der Waals surface area (Å²) >= 11 is 1.38. The Kier molecular flexibility index (Phi) is 4.87. The maximum atomic E-state index is 14.3. The van der Waals surface area contributed by atoms with Crippen molar-refractivity contribution in [1.82, 2.24) is 19.7 Å². The molecule has 9 heteroatoms. The fourth-order valence-electron chi connectivity index (χ4n) is 3.60. The molecule has 0 saturated heterocycles. The number of fused-ring (bicyclic) bond motifs is 2. The van der Waals surface area contributed by atoms with Gasteiger partial charge in [0.15, 0.2) is 17.1 Å². The van der Waals surface area contributed by atoms with E-state index in [9.17, 15) is 14.0 Å². The minimum atomic E-state index is -0.496. The maximum Gasteiger partial charge on any atom is 0.255 e. The predicted molar refractivity (Wildman–Crippen MR) is 121 cm³/mol. The number of rotatable bonds is 5. The molecule has 7 nitrogen and oxygen atoms in total. The van der Waals surface area contributed by atoms with Crippen LogP contribution in [-0.4, -0.2) is 26.6 Å². The summed E-state index contributed by atoms with van der Waals surface area (Å²) in [6, 6.07) is 15.0. The molecule has 0 aliphatic heterocycles. The summed E-state index contributed by atoms with van der Waals surface area (Å²) in [7, 11) is 0. The van der Waals surface area contributed by atoms with Crippen LogP contribution in [0.2, 0.25) is 0 Å². The van der Waals surface area contributed by atoms with E-state index in [1.807, 2.05) is 18.2 Å². The van der Waals surface area contributed by atoms with E-state index < -0.39 is 5.82 Å². The number of nitrogens with zero attached hydrogens (tertiary/aromatic N) is 3. The maximum absolute atomic E-state index is 14.3. The fourth-order valence-corrected chi connectivity index (χ4v) is 4.40. The van der Waals surface area contributed by atoms with Crippen LogP contribution in [0.5, 0.6) is 0 Å². The van der Waals surface area contributed by atoms with Crippen LogP contribution in [0, 0.1) is 5.82 Å². The van der Waals surface area contributed by atoms with E-state index in [1.54, 1.807) is 36.5 Å². The van der Waals surface area contributed by atoms with Crippen molar-refractivity contribution in [3.63, 3.8) is 0 Å². The highest BCUT2D eigenvalue weighted by Gasteiger charge is 2.20. The van der Waals surface area contributed by atoms with Crippen LogP contribution in [0.3, 0.4) is 0 Å². The summed E-state index contributed by atoms with van der Waals surface area (Å²) in [5.41, 5.74) is 8.56. The van der Waals surface area contributed by atoms with Gasteiger partial charge in [0, 0.05) is 18.3 Å². The highest BCUT2D eigenvalue weighted by atomic mass is 32.1. The van der Waals surface area contributed by atoms with Gasteiger partial charge < -0.3 is 11.1 Å². The third kappa shape index (κ3) is 3.38. The zero-order valence-electron chi connectivity index (χ0n) is 16.6. The van der Waals surface area contributed by atoms with E-state index in [4.69, 9.17) is 5.73 Å². The SMILES string of the molecule is Nc1nc2ccc(CNC(=O)c3cccn4c(C=O)c(-c5ccccc5F)nc34)cc2s1. The number of anilines is 1. The number of halogens is 1. The lowest BCUT2D eigenvalue weighted by atomic mass is 10.1. The third-order valence-electron chi connectivity index (χ3n) is 5.09. The lowest BCUT2D eigenvalue weighted by Gasteiger charge is -2.07. The number of pyridine rings is 1. The highest BCUT2D eigenvalue weighted by molar-refractivity contribution is 7.22. The van der Waals surface area contributed by atoms with Crippen LogP contribution in [0.15, 0.2) is 60.8 Å². The lowest BCUT2D eigenvalue weighted by Crippen LogP contribution is -2.23. The smallest absolute Gasteiger partial charge is 0.255 e. The molecule has 0 atom stereocenters. The minimum absolute atomic E-state index is 0.174. The summed E-state index contributed by atoms with van der Waals surface area (Å²) in [5.74, 6) is -0.855. The molecule has 0 saturated carbocycles. The average molecular weight is 445 g/mol. The number of nitrogen functional groups attached to an aromatic ring is 1. The van der Waals surface area contributed by atoms with E-state index in [1.165, 1.54) is 21.8 Å². The molecule has 2 aromatic carbocycles. The molecule has 5 rings (SSSR count). The van der Waals surface area contributed by atoms with Crippen molar-refractivity contribution >= 4 is 44.5 Å². The molecule has 0 radical (unpaired) electrons. The van der Waals surface area contributed by atoms with Crippen LogP contribution in [-0.2, 0) is 6.54 Å². The number of hydrogen-bond donors (Lipinski definition) is 2. The van der Waals surface area contributed by atoms with Gasteiger partial charge in [-0.25, -0.2) is 14.4 Å². The summed E-state index contributed by atoms with van der Waals surface area (Å²) in [4.78, 5) is 33.4. The highest BCUT2D eigenvalue weighted by Crippen LogP contribution is 2.27. The number of nitrogens with two attached hydrogens (primary N) is 1. The van der Waals surface area contributed by atoms with E-state index in [-0.39, 0.29) is 40.6 Å². The normalized spacial score (nSPS) is 11.2. The largest absolute Gasteiger partial charge is 0.375 e. The second-order valence-corrected chi connectivity index (χ2v) is 8.16. The lowest BCUT2D eigenvalue weighted by molar-refractivity contribution is 0.0951. The van der Waals surface area contributed by atoms with Crippen LogP contribution < -0.4 is 11.1 Å². The van der Waals surface area contributed by atoms with Crippen LogP contribution in [0.1, 0.15) is 26.4 Å². The van der Waals surface area contributed by atoms with E-state index in [0.29, 0.717) is 11.4 Å². The number of benzene rings is 2. The second kappa shape index (κ2) is 7.86. The molecule has 1 amide bonds. The van der Waals surface area contributed by atoms with Crippen molar-refractivity contribution < 1.29 is 14.0 Å². The molecule has 0 fully saturated rings. The van der Waals surface area contributed by atoms with Crippen LogP contribution in [0.25, 0.3) is 27.1 Å². The van der Waals surface area contributed by atoms with Gasteiger partial charge in [-0.1, -0.05) is 29.5 Å². The van der Waals surface area contributed by atoms with Gasteiger partial charge >= 0.3 is 0 Å². The van der Waals surface area contributed by atoms with E-state index in [0.717, 1.165) is 15.8 Å². The van der Waals surface area contributed by atoms with Gasteiger partial charge in [0.1, 0.15) is 17.2 Å². The number of aldehydes is 1. The molecular weight excluding hydrogens is 429 g/mol. The minimum Gasteiger partial charge on any atom is -0.375 e. The number of nitrogens with one attached hydrogen (secondary N) is 1. The van der Waals surface area contributed by atoms with Crippen molar-refractivity contribution in [2.75, 3.05) is 5.73 Å². The Morgan fingerprint density at radius 1 is 1.16 bits per heavy atom. The first-order valence-electron chi connectivity index (χ1n) is 9.69. The molecule has 0 aliphatic carbocycles. The molecule has 3 N–H and O–H groups in total. The van der Waals surface area contributed by atoms with Crippen molar-refractivity contribution in [1.29, 1.82) is 0 Å². The van der Waals surface area contributed by atoms with Gasteiger partial charge in [-0.2, -0.15) is 0 Å². The number of imidazole rings is 1. The zero-order chi connectivity index (χ0) is 22.2. The average Bonchev–Trinajstić information content (AvgIpc) is 3.36. The van der Waals surface area contributed by atoms with Gasteiger partial charge in [-0.05, 0) is 42.0 Å². The molecule has 5 aromatic rings.